The third-order valence-corrected chi connectivity index (χ3v) is 3.53. The Balaban J connectivity index is 2.77. The number of halogens is 1. The number of carbonyl (C=O) groups excluding carboxylic acids is 2. The molecule has 0 spiro atoms. The minimum absolute atomic E-state index is 0.0585. The second kappa shape index (κ2) is 6.70. The van der Waals surface area contributed by atoms with Gasteiger partial charge in [-0.05, 0) is 38.5 Å². The lowest BCUT2D eigenvalue weighted by molar-refractivity contribution is -0.122. The van der Waals surface area contributed by atoms with Crippen molar-refractivity contribution >= 4 is 27.7 Å². The van der Waals surface area contributed by atoms with Crippen LogP contribution in [0.3, 0.4) is 0 Å². The number of rotatable bonds is 4. The van der Waals surface area contributed by atoms with Gasteiger partial charge in [0.25, 0.3) is 5.91 Å². The van der Waals surface area contributed by atoms with Crippen LogP contribution in [0.4, 0.5) is 0 Å². The lowest BCUT2D eigenvalue weighted by Crippen LogP contribution is -2.41. The number of carbonyl (C=O) groups is 2. The Hall–Kier alpha value is -1.36. The molecular weight excluding hydrogens is 308 g/mol. The van der Waals surface area contributed by atoms with Gasteiger partial charge in [-0.1, -0.05) is 22.0 Å². The molecule has 0 aliphatic rings. The number of amides is 2. The van der Waals surface area contributed by atoms with Crippen LogP contribution in [0.1, 0.15) is 29.8 Å². The summed E-state index contributed by atoms with van der Waals surface area (Å²) in [6.07, 6.45) is 0. The summed E-state index contributed by atoms with van der Waals surface area (Å²) in [7, 11) is 1.63. The van der Waals surface area contributed by atoms with Gasteiger partial charge in [0.1, 0.15) is 0 Å². The van der Waals surface area contributed by atoms with Gasteiger partial charge in [-0.25, -0.2) is 0 Å². The van der Waals surface area contributed by atoms with Crippen LogP contribution in [0.2, 0.25) is 0 Å². The number of nitrogens with zero attached hydrogens (tertiary/aromatic N) is 1. The Morgan fingerprint density at radius 1 is 1.37 bits per heavy atom. The normalized spacial score (nSPS) is 10.4. The van der Waals surface area contributed by atoms with Crippen LogP contribution in [0.25, 0.3) is 0 Å². The monoisotopic (exact) mass is 326 g/mol. The second-order valence-corrected chi connectivity index (χ2v) is 5.65. The van der Waals surface area contributed by atoms with Gasteiger partial charge < -0.3 is 10.2 Å². The van der Waals surface area contributed by atoms with Gasteiger partial charge in [-0.15, -0.1) is 0 Å². The van der Waals surface area contributed by atoms with Crippen LogP contribution in [-0.4, -0.2) is 36.3 Å². The summed E-state index contributed by atoms with van der Waals surface area (Å²) in [5.74, 6) is -0.309. The van der Waals surface area contributed by atoms with E-state index in [1.165, 1.54) is 4.90 Å². The maximum absolute atomic E-state index is 12.3. The third kappa shape index (κ3) is 4.35. The van der Waals surface area contributed by atoms with Crippen LogP contribution in [0.15, 0.2) is 22.7 Å². The number of benzene rings is 1. The van der Waals surface area contributed by atoms with E-state index in [9.17, 15) is 9.59 Å². The predicted octanol–water partition coefficient (Wildman–Crippen LogP) is 2.35. The van der Waals surface area contributed by atoms with E-state index < -0.39 is 0 Å². The lowest BCUT2D eigenvalue weighted by Gasteiger charge is -2.19. The Kier molecular flexibility index (Phi) is 5.54. The molecule has 0 fully saturated rings. The highest BCUT2D eigenvalue weighted by Crippen LogP contribution is 2.20. The first-order valence-electron chi connectivity index (χ1n) is 6.13. The Bertz CT molecular complexity index is 486. The molecule has 104 valence electrons. The minimum atomic E-state index is -0.155. The summed E-state index contributed by atoms with van der Waals surface area (Å²) in [5.41, 5.74) is 1.48. The maximum Gasteiger partial charge on any atom is 0.254 e. The molecule has 0 aliphatic carbocycles. The van der Waals surface area contributed by atoms with Crippen molar-refractivity contribution in [3.05, 3.63) is 33.8 Å². The average molecular weight is 327 g/mol. The highest BCUT2D eigenvalue weighted by Gasteiger charge is 2.17. The Labute approximate surface area is 122 Å². The molecule has 1 aromatic carbocycles. The lowest BCUT2D eigenvalue weighted by atomic mass is 10.1. The molecule has 19 heavy (non-hydrogen) atoms. The van der Waals surface area contributed by atoms with Crippen LogP contribution in [0.5, 0.6) is 0 Å². The topological polar surface area (TPSA) is 49.4 Å². The van der Waals surface area contributed by atoms with E-state index in [2.05, 4.69) is 21.2 Å². The minimum Gasteiger partial charge on any atom is -0.352 e. The maximum atomic E-state index is 12.3. The molecule has 1 N–H and O–H groups in total. The van der Waals surface area contributed by atoms with Crippen LogP contribution < -0.4 is 5.32 Å². The van der Waals surface area contributed by atoms with Crippen LogP contribution >= 0.6 is 15.9 Å². The first-order chi connectivity index (χ1) is 8.82. The fourth-order valence-electron chi connectivity index (χ4n) is 1.70. The van der Waals surface area contributed by atoms with Crippen molar-refractivity contribution < 1.29 is 9.59 Å². The van der Waals surface area contributed by atoms with Gasteiger partial charge in [0, 0.05) is 23.1 Å². The van der Waals surface area contributed by atoms with Gasteiger partial charge in [0.15, 0.2) is 0 Å². The van der Waals surface area contributed by atoms with Crippen molar-refractivity contribution in [2.75, 3.05) is 13.6 Å². The van der Waals surface area contributed by atoms with E-state index in [1.54, 1.807) is 13.1 Å². The molecule has 0 saturated carbocycles. The molecular formula is C14H19BrN2O2. The molecule has 0 radical (unpaired) electrons. The van der Waals surface area contributed by atoms with Gasteiger partial charge in [-0.3, -0.25) is 9.59 Å². The first-order valence-corrected chi connectivity index (χ1v) is 6.92. The highest BCUT2D eigenvalue weighted by molar-refractivity contribution is 9.10. The van der Waals surface area contributed by atoms with Gasteiger partial charge in [0.2, 0.25) is 5.91 Å². The van der Waals surface area contributed by atoms with Crippen molar-refractivity contribution in [3.63, 3.8) is 0 Å². The molecule has 0 bridgehead atoms. The molecule has 4 nitrogen and oxygen atoms in total. The predicted molar refractivity (Wildman–Crippen MR) is 79.1 cm³/mol. The molecule has 1 rings (SSSR count). The van der Waals surface area contributed by atoms with E-state index in [0.717, 1.165) is 10.0 Å². The third-order valence-electron chi connectivity index (χ3n) is 2.68. The van der Waals surface area contributed by atoms with Gasteiger partial charge in [-0.2, -0.15) is 0 Å². The van der Waals surface area contributed by atoms with Crippen molar-refractivity contribution in [3.8, 4) is 0 Å². The highest BCUT2D eigenvalue weighted by atomic mass is 79.9. The van der Waals surface area contributed by atoms with Crippen molar-refractivity contribution in [1.29, 1.82) is 0 Å². The van der Waals surface area contributed by atoms with Gasteiger partial charge in [0.05, 0.1) is 6.54 Å². The van der Waals surface area contributed by atoms with Crippen molar-refractivity contribution in [1.82, 2.24) is 10.2 Å². The van der Waals surface area contributed by atoms with E-state index >= 15 is 0 Å². The molecule has 0 unspecified atom stereocenters. The summed E-state index contributed by atoms with van der Waals surface area (Å²) in [6, 6.07) is 5.53. The standard InChI is InChI=1S/C14H19BrN2O2/c1-9(2)16-13(18)8-17(4)14(19)11-6-5-7-12(15)10(11)3/h5-7,9H,8H2,1-4H3,(H,16,18). The quantitative estimate of drug-likeness (QED) is 0.923. The summed E-state index contributed by atoms with van der Waals surface area (Å²) < 4.78 is 0.887. The fraction of sp³-hybridized carbons (Fsp3) is 0.429. The largest absolute Gasteiger partial charge is 0.352 e. The molecule has 0 aliphatic heterocycles. The zero-order valence-electron chi connectivity index (χ0n) is 11.7. The zero-order valence-corrected chi connectivity index (χ0v) is 13.2. The Morgan fingerprint density at radius 3 is 2.58 bits per heavy atom. The average Bonchev–Trinajstić information content (AvgIpc) is 2.30. The molecule has 2 amide bonds. The molecule has 0 atom stereocenters. The van der Waals surface area contributed by atoms with E-state index in [4.69, 9.17) is 0 Å². The molecule has 0 heterocycles. The van der Waals surface area contributed by atoms with Crippen LogP contribution in [-0.2, 0) is 4.79 Å². The van der Waals surface area contributed by atoms with E-state index in [1.807, 2.05) is 32.9 Å². The van der Waals surface area contributed by atoms with E-state index in [-0.39, 0.29) is 24.4 Å². The molecule has 1 aromatic rings. The molecule has 0 saturated heterocycles. The molecule has 5 heteroatoms. The number of likely N-dealkylation sites (N-methyl/N-ethyl adjacent to an activating group) is 1. The number of nitrogens with one attached hydrogen (secondary N) is 1. The summed E-state index contributed by atoms with van der Waals surface area (Å²) in [4.78, 5) is 25.3. The SMILES string of the molecule is Cc1c(Br)cccc1C(=O)N(C)CC(=O)NC(C)C. The number of hydrogen-bond acceptors (Lipinski definition) is 2. The summed E-state index contributed by atoms with van der Waals surface area (Å²) in [5, 5.41) is 2.76. The van der Waals surface area contributed by atoms with E-state index in [0.29, 0.717) is 5.56 Å². The first kappa shape index (κ1) is 15.7. The zero-order chi connectivity index (χ0) is 14.6. The summed E-state index contributed by atoms with van der Waals surface area (Å²) in [6.45, 7) is 5.71. The summed E-state index contributed by atoms with van der Waals surface area (Å²) >= 11 is 3.40. The van der Waals surface area contributed by atoms with Gasteiger partial charge >= 0.3 is 0 Å². The molecule has 0 aromatic heterocycles. The van der Waals surface area contributed by atoms with Crippen molar-refractivity contribution in [2.24, 2.45) is 0 Å². The smallest absolute Gasteiger partial charge is 0.254 e. The van der Waals surface area contributed by atoms with Crippen LogP contribution in [0, 0.1) is 6.92 Å². The number of hydrogen-bond donors (Lipinski definition) is 1. The second-order valence-electron chi connectivity index (χ2n) is 4.80. The van der Waals surface area contributed by atoms with Crippen molar-refractivity contribution in [2.45, 2.75) is 26.8 Å². The fourth-order valence-corrected chi connectivity index (χ4v) is 2.07. The Morgan fingerprint density at radius 2 is 2.00 bits per heavy atom.